The van der Waals surface area contributed by atoms with Crippen LogP contribution in [0.15, 0.2) is 18.2 Å². The van der Waals surface area contributed by atoms with Gasteiger partial charge >= 0.3 is 0 Å². The van der Waals surface area contributed by atoms with Gasteiger partial charge in [-0.3, -0.25) is 0 Å². The van der Waals surface area contributed by atoms with E-state index in [9.17, 15) is 5.11 Å². The van der Waals surface area contributed by atoms with Gasteiger partial charge in [0.1, 0.15) is 0 Å². The van der Waals surface area contributed by atoms with Crippen molar-refractivity contribution in [3.05, 3.63) is 23.8 Å². The van der Waals surface area contributed by atoms with Crippen molar-refractivity contribution in [2.45, 2.75) is 37.8 Å². The monoisotopic (exact) mass is 265 g/mol. The first-order valence-electron chi connectivity index (χ1n) is 6.73. The van der Waals surface area contributed by atoms with Crippen LogP contribution in [0, 0.1) is 0 Å². The highest BCUT2D eigenvalue weighted by Gasteiger charge is 2.34. The molecule has 0 bridgehead atoms. The molecule has 0 spiro atoms. The van der Waals surface area contributed by atoms with E-state index >= 15 is 0 Å². The number of benzene rings is 1. The maximum atomic E-state index is 10.6. The Bertz CT molecular complexity index is 425. The summed E-state index contributed by atoms with van der Waals surface area (Å²) < 4.78 is 10.5. The number of rotatable bonds is 5. The van der Waals surface area contributed by atoms with E-state index in [4.69, 9.17) is 9.47 Å². The third-order valence-electron chi connectivity index (χ3n) is 3.82. The number of ether oxygens (including phenoxy) is 2. The number of nitrogens with one attached hydrogen (secondary N) is 1. The van der Waals surface area contributed by atoms with Gasteiger partial charge in [0.25, 0.3) is 0 Å². The minimum Gasteiger partial charge on any atom is -0.493 e. The molecular formula is C15H23NO3. The third-order valence-corrected chi connectivity index (χ3v) is 3.82. The number of hydrogen-bond donors (Lipinski definition) is 2. The van der Waals surface area contributed by atoms with Gasteiger partial charge in [-0.1, -0.05) is 6.07 Å². The first-order chi connectivity index (χ1) is 9.06. The average Bonchev–Trinajstić information content (AvgIpc) is 2.93. The number of aliphatic hydroxyl groups is 1. The van der Waals surface area contributed by atoms with Crippen molar-refractivity contribution >= 4 is 0 Å². The van der Waals surface area contributed by atoms with Gasteiger partial charge in [0, 0.05) is 12.5 Å². The number of hydrogen-bond acceptors (Lipinski definition) is 4. The van der Waals surface area contributed by atoms with Crippen molar-refractivity contribution in [2.75, 3.05) is 20.8 Å². The summed E-state index contributed by atoms with van der Waals surface area (Å²) in [4.78, 5) is 0. The lowest BCUT2D eigenvalue weighted by atomic mass is 9.88. The minimum absolute atomic E-state index is 0.167. The lowest BCUT2D eigenvalue weighted by Gasteiger charge is -2.30. The largest absolute Gasteiger partial charge is 0.493 e. The Hall–Kier alpha value is -1.26. The molecule has 1 aromatic carbocycles. The van der Waals surface area contributed by atoms with Crippen molar-refractivity contribution in [1.29, 1.82) is 0 Å². The number of methoxy groups -OCH3 is 2. The minimum atomic E-state index is -0.740. The Balaban J connectivity index is 2.13. The molecule has 2 atom stereocenters. The summed E-state index contributed by atoms with van der Waals surface area (Å²) in [5.74, 6) is 1.42. The van der Waals surface area contributed by atoms with Crippen LogP contribution in [0.3, 0.4) is 0 Å². The van der Waals surface area contributed by atoms with E-state index < -0.39 is 5.60 Å². The predicted octanol–water partition coefficient (Wildman–Crippen LogP) is 1.75. The van der Waals surface area contributed by atoms with Gasteiger partial charge in [0.15, 0.2) is 11.5 Å². The summed E-state index contributed by atoms with van der Waals surface area (Å²) in [5.41, 5.74) is 0.312. The van der Waals surface area contributed by atoms with Gasteiger partial charge in [-0.2, -0.15) is 0 Å². The van der Waals surface area contributed by atoms with Gasteiger partial charge in [0.2, 0.25) is 0 Å². The third kappa shape index (κ3) is 3.19. The van der Waals surface area contributed by atoms with Crippen molar-refractivity contribution in [3.8, 4) is 11.5 Å². The summed E-state index contributed by atoms with van der Waals surface area (Å²) in [5, 5.41) is 14.0. The van der Waals surface area contributed by atoms with Crippen LogP contribution in [-0.2, 0) is 6.42 Å². The molecule has 0 aromatic heterocycles. The van der Waals surface area contributed by atoms with E-state index in [0.717, 1.165) is 24.9 Å². The van der Waals surface area contributed by atoms with Crippen LogP contribution in [0.5, 0.6) is 11.5 Å². The van der Waals surface area contributed by atoms with Crippen molar-refractivity contribution in [2.24, 2.45) is 0 Å². The maximum absolute atomic E-state index is 10.6. The molecule has 0 radical (unpaired) electrons. The molecule has 2 unspecified atom stereocenters. The molecule has 1 aromatic rings. The van der Waals surface area contributed by atoms with Gasteiger partial charge in [0.05, 0.1) is 19.8 Å². The molecule has 0 saturated carbocycles. The molecule has 1 heterocycles. The molecule has 1 aliphatic rings. The zero-order valence-electron chi connectivity index (χ0n) is 11.9. The molecule has 1 aliphatic heterocycles. The Labute approximate surface area is 114 Å². The van der Waals surface area contributed by atoms with Crippen molar-refractivity contribution < 1.29 is 14.6 Å². The lowest BCUT2D eigenvalue weighted by molar-refractivity contribution is 0.0262. The molecule has 2 N–H and O–H groups in total. The second kappa shape index (κ2) is 5.80. The first-order valence-corrected chi connectivity index (χ1v) is 6.73. The molecule has 0 amide bonds. The molecule has 106 valence electrons. The van der Waals surface area contributed by atoms with Crippen molar-refractivity contribution in [3.63, 3.8) is 0 Å². The van der Waals surface area contributed by atoms with E-state index in [1.54, 1.807) is 14.2 Å². The molecule has 1 saturated heterocycles. The zero-order valence-corrected chi connectivity index (χ0v) is 11.9. The van der Waals surface area contributed by atoms with Gasteiger partial charge in [-0.25, -0.2) is 0 Å². The Morgan fingerprint density at radius 2 is 2.05 bits per heavy atom. The Morgan fingerprint density at radius 3 is 2.63 bits per heavy atom. The predicted molar refractivity (Wildman–Crippen MR) is 74.9 cm³/mol. The summed E-state index contributed by atoms with van der Waals surface area (Å²) in [6, 6.07) is 5.96. The summed E-state index contributed by atoms with van der Waals surface area (Å²) in [7, 11) is 3.24. The van der Waals surface area contributed by atoms with Crippen LogP contribution < -0.4 is 14.8 Å². The fourth-order valence-electron chi connectivity index (χ4n) is 2.74. The van der Waals surface area contributed by atoms with E-state index in [1.807, 2.05) is 25.1 Å². The summed E-state index contributed by atoms with van der Waals surface area (Å²) in [6.45, 7) is 2.89. The molecule has 2 rings (SSSR count). The average molecular weight is 265 g/mol. The molecular weight excluding hydrogens is 242 g/mol. The smallest absolute Gasteiger partial charge is 0.160 e. The van der Waals surface area contributed by atoms with E-state index in [-0.39, 0.29) is 6.04 Å². The van der Waals surface area contributed by atoms with Crippen LogP contribution in [-0.4, -0.2) is 37.5 Å². The lowest BCUT2D eigenvalue weighted by Crippen LogP contribution is -2.46. The van der Waals surface area contributed by atoms with E-state index in [2.05, 4.69) is 5.32 Å². The molecule has 4 heteroatoms. The molecule has 1 fully saturated rings. The second-order valence-electron chi connectivity index (χ2n) is 5.37. The fraction of sp³-hybridized carbons (Fsp3) is 0.600. The summed E-state index contributed by atoms with van der Waals surface area (Å²) in [6.07, 6.45) is 2.76. The van der Waals surface area contributed by atoms with Crippen LogP contribution >= 0.6 is 0 Å². The highest BCUT2D eigenvalue weighted by molar-refractivity contribution is 5.43. The van der Waals surface area contributed by atoms with Crippen LogP contribution in [0.1, 0.15) is 25.3 Å². The summed E-state index contributed by atoms with van der Waals surface area (Å²) >= 11 is 0. The van der Waals surface area contributed by atoms with Crippen molar-refractivity contribution in [1.82, 2.24) is 5.32 Å². The van der Waals surface area contributed by atoms with Gasteiger partial charge in [-0.05, 0) is 44.0 Å². The van der Waals surface area contributed by atoms with Crippen LogP contribution in [0.2, 0.25) is 0 Å². The first kappa shape index (κ1) is 14.2. The SMILES string of the molecule is COc1ccc(CC(C)(O)C2CCCN2)cc1OC. The highest BCUT2D eigenvalue weighted by atomic mass is 16.5. The Morgan fingerprint density at radius 1 is 1.32 bits per heavy atom. The van der Waals surface area contributed by atoms with Crippen LogP contribution in [0.25, 0.3) is 0 Å². The topological polar surface area (TPSA) is 50.7 Å². The highest BCUT2D eigenvalue weighted by Crippen LogP contribution is 2.30. The normalized spacial score (nSPS) is 22.0. The van der Waals surface area contributed by atoms with E-state index in [1.165, 1.54) is 0 Å². The molecule has 19 heavy (non-hydrogen) atoms. The molecule has 0 aliphatic carbocycles. The zero-order chi connectivity index (χ0) is 13.9. The maximum Gasteiger partial charge on any atom is 0.160 e. The van der Waals surface area contributed by atoms with E-state index in [0.29, 0.717) is 17.9 Å². The second-order valence-corrected chi connectivity index (χ2v) is 5.37. The Kier molecular flexibility index (Phi) is 4.32. The standard InChI is InChI=1S/C15H23NO3/c1-15(17,14-5-4-8-16-14)10-11-6-7-12(18-2)13(9-11)19-3/h6-7,9,14,16-17H,4-5,8,10H2,1-3H3. The van der Waals surface area contributed by atoms with Gasteiger partial charge < -0.3 is 19.9 Å². The quantitative estimate of drug-likeness (QED) is 0.851. The molecule has 4 nitrogen and oxygen atoms in total. The fourth-order valence-corrected chi connectivity index (χ4v) is 2.74. The van der Waals surface area contributed by atoms with Crippen LogP contribution in [0.4, 0.5) is 0 Å². The van der Waals surface area contributed by atoms with Gasteiger partial charge in [-0.15, -0.1) is 0 Å².